The third-order valence-corrected chi connectivity index (χ3v) is 3.09. The molecular formula is C14H17N3O. The van der Waals surface area contributed by atoms with Crippen molar-refractivity contribution in [2.75, 3.05) is 6.61 Å². The van der Waals surface area contributed by atoms with E-state index in [1.54, 1.807) is 0 Å². The molecule has 94 valence electrons. The second kappa shape index (κ2) is 5.23. The molecule has 2 rings (SSSR count). The number of hydrogen-bond acceptors (Lipinski definition) is 4. The lowest BCUT2D eigenvalue weighted by molar-refractivity contribution is 0.258. The largest absolute Gasteiger partial charge is 0.396 e. The molecule has 4 nitrogen and oxygen atoms in total. The first kappa shape index (κ1) is 12.6. The highest BCUT2D eigenvalue weighted by Crippen LogP contribution is 2.19. The molecule has 0 spiro atoms. The van der Waals surface area contributed by atoms with Crippen molar-refractivity contribution in [2.45, 2.75) is 20.3 Å². The van der Waals surface area contributed by atoms with Crippen LogP contribution in [0.25, 0.3) is 10.9 Å². The molecule has 0 aliphatic carbocycles. The number of nitrogens with one attached hydrogen (secondary N) is 1. The number of aromatic nitrogens is 2. The molecule has 0 fully saturated rings. The van der Waals surface area contributed by atoms with Crippen LogP contribution in [0.5, 0.6) is 0 Å². The van der Waals surface area contributed by atoms with Crippen molar-refractivity contribution in [1.29, 1.82) is 5.41 Å². The van der Waals surface area contributed by atoms with Gasteiger partial charge in [-0.25, -0.2) is 9.97 Å². The van der Waals surface area contributed by atoms with Crippen molar-refractivity contribution in [1.82, 2.24) is 9.97 Å². The molecule has 1 atom stereocenters. The lowest BCUT2D eigenvalue weighted by Gasteiger charge is -2.14. The normalized spacial score (nSPS) is 12.6. The average molecular weight is 243 g/mol. The number of aliphatic hydroxyl groups is 1. The summed E-state index contributed by atoms with van der Waals surface area (Å²) in [6.07, 6.45) is 0.729. The van der Waals surface area contributed by atoms with Gasteiger partial charge in [-0.3, -0.25) is 0 Å². The molecule has 1 aromatic carbocycles. The Bertz CT molecular complexity index is 576. The highest BCUT2D eigenvalue weighted by atomic mass is 16.3. The van der Waals surface area contributed by atoms with E-state index in [0.29, 0.717) is 17.2 Å². The summed E-state index contributed by atoms with van der Waals surface area (Å²) in [7, 11) is 0. The van der Waals surface area contributed by atoms with E-state index in [4.69, 9.17) is 5.41 Å². The number of rotatable bonds is 4. The van der Waals surface area contributed by atoms with E-state index in [-0.39, 0.29) is 12.5 Å². The van der Waals surface area contributed by atoms with Crippen molar-refractivity contribution in [3.63, 3.8) is 0 Å². The van der Waals surface area contributed by atoms with Crippen molar-refractivity contribution >= 4 is 16.6 Å². The predicted molar refractivity (Wildman–Crippen MR) is 72.0 cm³/mol. The first-order chi connectivity index (χ1) is 8.67. The topological polar surface area (TPSA) is 69.9 Å². The molecule has 0 unspecified atom stereocenters. The number of fused-ring (bicyclic) bond motifs is 1. The highest BCUT2D eigenvalue weighted by molar-refractivity contribution is 6.08. The van der Waals surface area contributed by atoms with Crippen LogP contribution in [-0.4, -0.2) is 27.4 Å². The van der Waals surface area contributed by atoms with E-state index in [0.717, 1.165) is 17.3 Å². The molecule has 0 bridgehead atoms. The number of benzene rings is 1. The summed E-state index contributed by atoms with van der Waals surface area (Å²) >= 11 is 0. The number of nitrogens with zero attached hydrogens (tertiary/aromatic N) is 2. The number of hydrogen-bond donors (Lipinski definition) is 2. The Morgan fingerprint density at radius 2 is 2.06 bits per heavy atom. The highest BCUT2D eigenvalue weighted by Gasteiger charge is 2.17. The van der Waals surface area contributed by atoms with Gasteiger partial charge >= 0.3 is 0 Å². The summed E-state index contributed by atoms with van der Waals surface area (Å²) < 4.78 is 0. The number of aryl methyl sites for hydroxylation is 1. The molecule has 0 saturated heterocycles. The van der Waals surface area contributed by atoms with Gasteiger partial charge in [0.15, 0.2) is 0 Å². The molecule has 1 aromatic heterocycles. The molecule has 2 N–H and O–H groups in total. The quantitative estimate of drug-likeness (QED) is 0.810. The van der Waals surface area contributed by atoms with E-state index < -0.39 is 0 Å². The van der Waals surface area contributed by atoms with Crippen LogP contribution in [0.2, 0.25) is 0 Å². The van der Waals surface area contributed by atoms with Gasteiger partial charge in [0.05, 0.1) is 23.5 Å². The van der Waals surface area contributed by atoms with Crippen LogP contribution >= 0.6 is 0 Å². The van der Waals surface area contributed by atoms with E-state index >= 15 is 0 Å². The Balaban J connectivity index is 2.59. The zero-order valence-corrected chi connectivity index (χ0v) is 10.6. The second-order valence-electron chi connectivity index (χ2n) is 4.34. The molecule has 0 saturated carbocycles. The summed E-state index contributed by atoms with van der Waals surface area (Å²) in [6, 6.07) is 7.67. The van der Waals surface area contributed by atoms with E-state index in [2.05, 4.69) is 9.97 Å². The first-order valence-electron chi connectivity index (χ1n) is 6.10. The van der Waals surface area contributed by atoms with Crippen LogP contribution in [-0.2, 0) is 0 Å². The van der Waals surface area contributed by atoms with Gasteiger partial charge in [-0.2, -0.15) is 0 Å². The van der Waals surface area contributed by atoms with Gasteiger partial charge in [0.25, 0.3) is 0 Å². The standard InChI is InChI=1S/C14H17N3O/c1-3-10(8-18)13(15)14-11-6-4-5-7-12(11)16-9(2)17-14/h4-7,10,15,18H,3,8H2,1-2H3/t10-/m1/s1. The van der Waals surface area contributed by atoms with Crippen molar-refractivity contribution in [2.24, 2.45) is 5.92 Å². The average Bonchev–Trinajstić information content (AvgIpc) is 2.39. The lowest BCUT2D eigenvalue weighted by Crippen LogP contribution is -2.20. The van der Waals surface area contributed by atoms with Gasteiger partial charge in [-0.15, -0.1) is 0 Å². The van der Waals surface area contributed by atoms with E-state index in [1.807, 2.05) is 38.1 Å². The first-order valence-corrected chi connectivity index (χ1v) is 6.10. The molecular weight excluding hydrogens is 226 g/mol. The summed E-state index contributed by atoms with van der Waals surface area (Å²) in [6.45, 7) is 3.77. The van der Waals surface area contributed by atoms with Gasteiger partial charge in [-0.05, 0) is 19.4 Å². The maximum Gasteiger partial charge on any atom is 0.126 e. The summed E-state index contributed by atoms with van der Waals surface area (Å²) in [5.41, 5.74) is 1.87. The Hall–Kier alpha value is -1.81. The summed E-state index contributed by atoms with van der Waals surface area (Å²) in [4.78, 5) is 8.73. The van der Waals surface area contributed by atoms with Crippen LogP contribution in [0, 0.1) is 18.3 Å². The molecule has 0 radical (unpaired) electrons. The molecule has 1 heterocycles. The Morgan fingerprint density at radius 3 is 2.72 bits per heavy atom. The minimum Gasteiger partial charge on any atom is -0.396 e. The lowest BCUT2D eigenvalue weighted by atomic mass is 9.96. The number of para-hydroxylation sites is 1. The molecule has 18 heavy (non-hydrogen) atoms. The third kappa shape index (κ3) is 2.24. The van der Waals surface area contributed by atoms with Gasteiger partial charge in [0, 0.05) is 11.3 Å². The predicted octanol–water partition coefficient (Wildman–Crippen LogP) is 2.32. The Morgan fingerprint density at radius 1 is 1.33 bits per heavy atom. The molecule has 4 heteroatoms. The van der Waals surface area contributed by atoms with Crippen LogP contribution in [0.3, 0.4) is 0 Å². The Kier molecular flexibility index (Phi) is 3.67. The monoisotopic (exact) mass is 243 g/mol. The molecule has 2 aromatic rings. The third-order valence-electron chi connectivity index (χ3n) is 3.09. The second-order valence-corrected chi connectivity index (χ2v) is 4.34. The fraction of sp³-hybridized carbons (Fsp3) is 0.357. The Labute approximate surface area is 106 Å². The van der Waals surface area contributed by atoms with E-state index in [1.165, 1.54) is 0 Å². The molecule has 0 aliphatic rings. The fourth-order valence-electron chi connectivity index (χ4n) is 2.02. The van der Waals surface area contributed by atoms with Gasteiger partial charge in [-0.1, -0.05) is 25.1 Å². The fourth-order valence-corrected chi connectivity index (χ4v) is 2.02. The van der Waals surface area contributed by atoms with Crippen LogP contribution < -0.4 is 0 Å². The van der Waals surface area contributed by atoms with Crippen LogP contribution in [0.1, 0.15) is 24.9 Å². The maximum atomic E-state index is 9.31. The minimum atomic E-state index is -0.164. The smallest absolute Gasteiger partial charge is 0.126 e. The SMILES string of the molecule is CC[C@H](CO)C(=N)c1nc(C)nc2ccccc12. The minimum absolute atomic E-state index is 0.0211. The van der Waals surface area contributed by atoms with Gasteiger partial charge in [0.2, 0.25) is 0 Å². The van der Waals surface area contributed by atoms with Crippen molar-refractivity contribution < 1.29 is 5.11 Å². The van der Waals surface area contributed by atoms with Crippen molar-refractivity contribution in [3.05, 3.63) is 35.8 Å². The maximum absolute atomic E-state index is 9.31. The zero-order chi connectivity index (χ0) is 13.1. The molecule has 0 amide bonds. The van der Waals surface area contributed by atoms with Crippen LogP contribution in [0.4, 0.5) is 0 Å². The van der Waals surface area contributed by atoms with Gasteiger partial charge < -0.3 is 10.5 Å². The van der Waals surface area contributed by atoms with E-state index in [9.17, 15) is 5.11 Å². The molecule has 0 aliphatic heterocycles. The summed E-state index contributed by atoms with van der Waals surface area (Å²) in [5, 5.41) is 18.4. The summed E-state index contributed by atoms with van der Waals surface area (Å²) in [5.74, 6) is 0.490. The zero-order valence-electron chi connectivity index (χ0n) is 10.6. The van der Waals surface area contributed by atoms with Gasteiger partial charge in [0.1, 0.15) is 5.82 Å². The van der Waals surface area contributed by atoms with Crippen molar-refractivity contribution in [3.8, 4) is 0 Å². The number of aliphatic hydroxyl groups excluding tert-OH is 1. The van der Waals surface area contributed by atoms with Crippen LogP contribution in [0.15, 0.2) is 24.3 Å².